The molecule has 1 aliphatic rings. The Balaban J connectivity index is 2.51. The molecule has 0 aromatic heterocycles. The van der Waals surface area contributed by atoms with Crippen molar-refractivity contribution in [1.82, 2.24) is 0 Å². The van der Waals surface area contributed by atoms with Crippen LogP contribution in [-0.2, 0) is 0 Å². The van der Waals surface area contributed by atoms with Crippen LogP contribution in [0.5, 0.6) is 0 Å². The standard InChI is InChI=1S/C8H13NO/c1-6-5-8(10,3-4-9)7(6)2/h6-7,10H,3,5H2,1-2H3. The zero-order valence-electron chi connectivity index (χ0n) is 6.46. The second-order valence-corrected chi connectivity index (χ2v) is 3.41. The highest BCUT2D eigenvalue weighted by molar-refractivity contribution is 5.02. The molecule has 1 fully saturated rings. The van der Waals surface area contributed by atoms with Gasteiger partial charge in [0.15, 0.2) is 0 Å². The maximum Gasteiger partial charge on any atom is 0.0807 e. The lowest BCUT2D eigenvalue weighted by Gasteiger charge is -2.47. The normalized spacial score (nSPS) is 45.8. The van der Waals surface area contributed by atoms with Gasteiger partial charge in [0, 0.05) is 0 Å². The highest BCUT2D eigenvalue weighted by atomic mass is 16.3. The number of aliphatic hydroxyl groups is 1. The lowest BCUT2D eigenvalue weighted by atomic mass is 9.62. The van der Waals surface area contributed by atoms with E-state index >= 15 is 0 Å². The third-order valence-corrected chi connectivity index (χ3v) is 2.76. The zero-order valence-corrected chi connectivity index (χ0v) is 6.46. The molecule has 0 heterocycles. The average molecular weight is 139 g/mol. The van der Waals surface area contributed by atoms with Crippen molar-refractivity contribution >= 4 is 0 Å². The molecule has 0 saturated heterocycles. The summed E-state index contributed by atoms with van der Waals surface area (Å²) < 4.78 is 0. The van der Waals surface area contributed by atoms with E-state index < -0.39 is 5.60 Å². The third kappa shape index (κ3) is 0.911. The minimum atomic E-state index is -0.659. The van der Waals surface area contributed by atoms with E-state index in [-0.39, 0.29) is 0 Å². The Kier molecular flexibility index (Phi) is 1.70. The van der Waals surface area contributed by atoms with Crippen LogP contribution in [0.15, 0.2) is 0 Å². The maximum absolute atomic E-state index is 9.63. The van der Waals surface area contributed by atoms with E-state index in [1.54, 1.807) is 0 Å². The smallest absolute Gasteiger partial charge is 0.0807 e. The predicted octanol–water partition coefficient (Wildman–Crippen LogP) is 1.31. The molecule has 0 radical (unpaired) electrons. The number of rotatable bonds is 1. The Bertz CT molecular complexity index is 173. The van der Waals surface area contributed by atoms with Gasteiger partial charge in [-0.1, -0.05) is 13.8 Å². The molecule has 56 valence electrons. The van der Waals surface area contributed by atoms with Crippen LogP contribution in [0.1, 0.15) is 26.7 Å². The van der Waals surface area contributed by atoms with Crippen molar-refractivity contribution in [3.63, 3.8) is 0 Å². The van der Waals surface area contributed by atoms with Crippen LogP contribution >= 0.6 is 0 Å². The van der Waals surface area contributed by atoms with Crippen LogP contribution in [0.25, 0.3) is 0 Å². The van der Waals surface area contributed by atoms with Gasteiger partial charge < -0.3 is 5.11 Å². The quantitative estimate of drug-likeness (QED) is 0.595. The molecule has 1 saturated carbocycles. The van der Waals surface area contributed by atoms with Crippen molar-refractivity contribution in [3.05, 3.63) is 0 Å². The molecule has 1 rings (SSSR count). The van der Waals surface area contributed by atoms with Gasteiger partial charge in [0.25, 0.3) is 0 Å². The van der Waals surface area contributed by atoms with Crippen molar-refractivity contribution in [2.75, 3.05) is 0 Å². The Morgan fingerprint density at radius 1 is 1.70 bits per heavy atom. The Labute approximate surface area is 61.5 Å². The van der Waals surface area contributed by atoms with Crippen LogP contribution in [0.3, 0.4) is 0 Å². The first-order valence-corrected chi connectivity index (χ1v) is 3.69. The maximum atomic E-state index is 9.63. The van der Waals surface area contributed by atoms with Gasteiger partial charge in [-0.05, 0) is 18.3 Å². The van der Waals surface area contributed by atoms with Gasteiger partial charge in [-0.2, -0.15) is 5.26 Å². The second kappa shape index (κ2) is 2.25. The van der Waals surface area contributed by atoms with E-state index in [1.807, 2.05) is 13.0 Å². The van der Waals surface area contributed by atoms with Crippen molar-refractivity contribution in [2.45, 2.75) is 32.3 Å². The largest absolute Gasteiger partial charge is 0.389 e. The second-order valence-electron chi connectivity index (χ2n) is 3.41. The molecule has 3 unspecified atom stereocenters. The van der Waals surface area contributed by atoms with Crippen LogP contribution in [-0.4, -0.2) is 10.7 Å². The lowest BCUT2D eigenvalue weighted by molar-refractivity contribution is -0.120. The molecule has 0 amide bonds. The fourth-order valence-electron chi connectivity index (χ4n) is 1.66. The number of hydrogen-bond acceptors (Lipinski definition) is 2. The summed E-state index contributed by atoms with van der Waals surface area (Å²) in [6.45, 7) is 4.11. The van der Waals surface area contributed by atoms with E-state index in [1.165, 1.54) is 0 Å². The zero-order chi connectivity index (χ0) is 7.78. The van der Waals surface area contributed by atoms with Crippen molar-refractivity contribution in [1.29, 1.82) is 5.26 Å². The summed E-state index contributed by atoms with van der Waals surface area (Å²) >= 11 is 0. The van der Waals surface area contributed by atoms with Crippen LogP contribution in [0.2, 0.25) is 0 Å². The molecule has 0 aromatic rings. The summed E-state index contributed by atoms with van der Waals surface area (Å²) in [7, 11) is 0. The SMILES string of the molecule is CC1CC(O)(CC#N)C1C. The molecule has 3 atom stereocenters. The summed E-state index contributed by atoms with van der Waals surface area (Å²) in [5.74, 6) is 0.880. The monoisotopic (exact) mass is 139 g/mol. The molecule has 0 aromatic carbocycles. The van der Waals surface area contributed by atoms with E-state index in [9.17, 15) is 5.11 Å². The number of hydrogen-bond donors (Lipinski definition) is 1. The van der Waals surface area contributed by atoms with Crippen molar-refractivity contribution in [3.8, 4) is 6.07 Å². The Morgan fingerprint density at radius 2 is 2.30 bits per heavy atom. The minimum absolute atomic E-state index is 0.290. The third-order valence-electron chi connectivity index (χ3n) is 2.76. The summed E-state index contributed by atoms with van der Waals surface area (Å²) in [6, 6.07) is 2.01. The van der Waals surface area contributed by atoms with E-state index in [2.05, 4.69) is 6.92 Å². The molecule has 0 bridgehead atoms. The Hall–Kier alpha value is -0.550. The highest BCUT2D eigenvalue weighted by Gasteiger charge is 2.47. The average Bonchev–Trinajstić information content (AvgIpc) is 1.88. The summed E-state index contributed by atoms with van der Waals surface area (Å²) in [5.41, 5.74) is -0.659. The Morgan fingerprint density at radius 3 is 2.60 bits per heavy atom. The van der Waals surface area contributed by atoms with Gasteiger partial charge in [0.1, 0.15) is 0 Å². The first-order chi connectivity index (χ1) is 4.60. The first-order valence-electron chi connectivity index (χ1n) is 3.69. The molecule has 1 N–H and O–H groups in total. The highest BCUT2D eigenvalue weighted by Crippen LogP contribution is 2.45. The van der Waals surface area contributed by atoms with Crippen LogP contribution in [0.4, 0.5) is 0 Å². The molecule has 2 heteroatoms. The lowest BCUT2D eigenvalue weighted by Crippen LogP contribution is -2.51. The first kappa shape index (κ1) is 7.56. The van der Waals surface area contributed by atoms with Gasteiger partial charge in [0.2, 0.25) is 0 Å². The van der Waals surface area contributed by atoms with E-state index in [4.69, 9.17) is 5.26 Å². The fourth-order valence-corrected chi connectivity index (χ4v) is 1.66. The molecule has 0 spiro atoms. The number of nitriles is 1. The minimum Gasteiger partial charge on any atom is -0.389 e. The van der Waals surface area contributed by atoms with Gasteiger partial charge in [-0.25, -0.2) is 0 Å². The van der Waals surface area contributed by atoms with Gasteiger partial charge in [0.05, 0.1) is 18.1 Å². The molecule has 0 aliphatic heterocycles. The molecule has 2 nitrogen and oxygen atoms in total. The molecule has 1 aliphatic carbocycles. The van der Waals surface area contributed by atoms with E-state index in [0.717, 1.165) is 6.42 Å². The van der Waals surface area contributed by atoms with Gasteiger partial charge >= 0.3 is 0 Å². The summed E-state index contributed by atoms with van der Waals surface area (Å²) in [4.78, 5) is 0. The molecule has 10 heavy (non-hydrogen) atoms. The van der Waals surface area contributed by atoms with Crippen LogP contribution in [0, 0.1) is 23.2 Å². The summed E-state index contributed by atoms with van der Waals surface area (Å²) in [5, 5.41) is 18.0. The number of nitrogens with zero attached hydrogens (tertiary/aromatic N) is 1. The predicted molar refractivity (Wildman–Crippen MR) is 38.1 cm³/mol. The fraction of sp³-hybridized carbons (Fsp3) is 0.875. The van der Waals surface area contributed by atoms with Crippen LogP contribution < -0.4 is 0 Å². The molecular weight excluding hydrogens is 126 g/mol. The van der Waals surface area contributed by atoms with E-state index in [0.29, 0.717) is 18.3 Å². The van der Waals surface area contributed by atoms with Gasteiger partial charge in [-0.3, -0.25) is 0 Å². The van der Waals surface area contributed by atoms with Crippen molar-refractivity contribution in [2.24, 2.45) is 11.8 Å². The summed E-state index contributed by atoms with van der Waals surface area (Å²) in [6.07, 6.45) is 1.08. The van der Waals surface area contributed by atoms with Crippen molar-refractivity contribution < 1.29 is 5.11 Å². The molecular formula is C8H13NO. The van der Waals surface area contributed by atoms with Gasteiger partial charge in [-0.15, -0.1) is 0 Å². The topological polar surface area (TPSA) is 44.0 Å².